The lowest BCUT2D eigenvalue weighted by Gasteiger charge is -2.12. The van der Waals surface area contributed by atoms with Gasteiger partial charge in [0.15, 0.2) is 0 Å². The van der Waals surface area contributed by atoms with Crippen LogP contribution >= 0.6 is 11.6 Å². The number of pyridine rings is 1. The van der Waals surface area contributed by atoms with Crippen molar-refractivity contribution in [3.05, 3.63) is 52.8 Å². The van der Waals surface area contributed by atoms with Gasteiger partial charge >= 0.3 is 5.97 Å². The second-order valence-electron chi connectivity index (χ2n) is 4.23. The zero-order valence-corrected chi connectivity index (χ0v) is 12.4. The molecule has 0 atom stereocenters. The van der Waals surface area contributed by atoms with Crippen LogP contribution in [-0.2, 0) is 10.0 Å². The average molecular weight is 327 g/mol. The van der Waals surface area contributed by atoms with Crippen LogP contribution in [0.15, 0.2) is 41.6 Å². The fourth-order valence-corrected chi connectivity index (χ4v) is 3.41. The molecular weight excluding hydrogens is 316 g/mol. The van der Waals surface area contributed by atoms with Crippen molar-refractivity contribution in [1.82, 2.24) is 4.98 Å². The molecule has 0 radical (unpaired) electrons. The average Bonchev–Trinajstić information content (AvgIpc) is 2.41. The van der Waals surface area contributed by atoms with E-state index in [4.69, 9.17) is 16.7 Å². The number of halogens is 1. The molecule has 0 bridgehead atoms. The van der Waals surface area contributed by atoms with Gasteiger partial charge in [0.1, 0.15) is 0 Å². The van der Waals surface area contributed by atoms with Gasteiger partial charge in [-0.25, -0.2) is 13.2 Å². The number of carbonyl (C=O) groups is 1. The van der Waals surface area contributed by atoms with Gasteiger partial charge in [-0.1, -0.05) is 11.6 Å². The number of rotatable bonds is 4. The van der Waals surface area contributed by atoms with Crippen LogP contribution in [0, 0.1) is 6.92 Å². The molecule has 0 saturated heterocycles. The third-order valence-electron chi connectivity index (χ3n) is 2.76. The summed E-state index contributed by atoms with van der Waals surface area (Å²) in [6.07, 6.45) is 2.85. The summed E-state index contributed by atoms with van der Waals surface area (Å²) in [7, 11) is -3.96. The number of anilines is 1. The normalized spacial score (nSPS) is 11.1. The molecule has 1 aromatic carbocycles. The largest absolute Gasteiger partial charge is 0.478 e. The fourth-order valence-electron chi connectivity index (χ4n) is 1.79. The molecule has 6 nitrogen and oxygen atoms in total. The van der Waals surface area contributed by atoms with Gasteiger partial charge in [0.2, 0.25) is 0 Å². The fraction of sp³-hybridized carbons (Fsp3) is 0.0769. The van der Waals surface area contributed by atoms with Crippen molar-refractivity contribution in [2.45, 2.75) is 11.8 Å². The van der Waals surface area contributed by atoms with E-state index in [2.05, 4.69) is 9.71 Å². The van der Waals surface area contributed by atoms with Gasteiger partial charge < -0.3 is 5.11 Å². The summed E-state index contributed by atoms with van der Waals surface area (Å²) in [5.41, 5.74) is 0.228. The number of nitrogens with one attached hydrogen (secondary N) is 1. The first-order valence-corrected chi connectivity index (χ1v) is 7.63. The number of aromatic carboxylic acids is 1. The Labute approximate surface area is 126 Å². The first-order chi connectivity index (χ1) is 9.81. The van der Waals surface area contributed by atoms with Crippen molar-refractivity contribution in [3.8, 4) is 0 Å². The van der Waals surface area contributed by atoms with Gasteiger partial charge in [0.25, 0.3) is 10.0 Å². The maximum atomic E-state index is 12.4. The minimum Gasteiger partial charge on any atom is -0.478 e. The minimum atomic E-state index is -3.96. The molecular formula is C13H11ClN2O4S. The number of nitrogens with zero attached hydrogens (tertiary/aromatic N) is 1. The van der Waals surface area contributed by atoms with Gasteiger partial charge in [0, 0.05) is 11.2 Å². The smallest absolute Gasteiger partial charge is 0.336 e. The predicted molar refractivity (Wildman–Crippen MR) is 78.2 cm³/mol. The maximum Gasteiger partial charge on any atom is 0.336 e. The quantitative estimate of drug-likeness (QED) is 0.900. The molecule has 1 aromatic heterocycles. The van der Waals surface area contributed by atoms with Crippen LogP contribution in [0.2, 0.25) is 5.02 Å². The Balaban J connectivity index is 2.53. The van der Waals surface area contributed by atoms with Crippen molar-refractivity contribution >= 4 is 33.3 Å². The van der Waals surface area contributed by atoms with Crippen LogP contribution < -0.4 is 4.72 Å². The lowest BCUT2D eigenvalue weighted by molar-refractivity contribution is 0.0696. The molecule has 0 saturated carbocycles. The molecule has 110 valence electrons. The van der Waals surface area contributed by atoms with E-state index in [1.54, 1.807) is 6.07 Å². The van der Waals surface area contributed by atoms with E-state index in [0.717, 1.165) is 0 Å². The molecule has 0 unspecified atom stereocenters. The molecule has 0 aliphatic heterocycles. The van der Waals surface area contributed by atoms with Crippen LogP contribution in [0.5, 0.6) is 0 Å². The number of benzene rings is 1. The molecule has 0 aliphatic rings. The van der Waals surface area contributed by atoms with E-state index >= 15 is 0 Å². The Morgan fingerprint density at radius 1 is 1.38 bits per heavy atom. The summed E-state index contributed by atoms with van der Waals surface area (Å²) in [5.74, 6) is -1.24. The third kappa shape index (κ3) is 3.32. The Morgan fingerprint density at radius 3 is 2.67 bits per heavy atom. The standard InChI is InChI=1S/C13H11ClN2O4S/c1-8-11(13(17)18)5-9(14)6-12(8)21(19,20)16-10-3-2-4-15-7-10/h2-7,16H,1H3,(H,17,18). The molecule has 2 aromatic rings. The molecule has 21 heavy (non-hydrogen) atoms. The van der Waals surface area contributed by atoms with Crippen LogP contribution in [0.1, 0.15) is 15.9 Å². The summed E-state index contributed by atoms with van der Waals surface area (Å²) in [5, 5.41) is 9.12. The number of sulfonamides is 1. The number of hydrogen-bond acceptors (Lipinski definition) is 4. The van der Waals surface area contributed by atoms with Crippen molar-refractivity contribution in [3.63, 3.8) is 0 Å². The van der Waals surface area contributed by atoms with Crippen molar-refractivity contribution in [2.75, 3.05) is 4.72 Å². The summed E-state index contributed by atoms with van der Waals surface area (Å²) < 4.78 is 27.0. The van der Waals surface area contributed by atoms with Gasteiger partial charge in [0.05, 0.1) is 22.3 Å². The Kier molecular flexibility index (Phi) is 4.15. The SMILES string of the molecule is Cc1c(C(=O)O)cc(Cl)cc1S(=O)(=O)Nc1cccnc1. The highest BCUT2D eigenvalue weighted by Crippen LogP contribution is 2.26. The second-order valence-corrected chi connectivity index (χ2v) is 6.32. The van der Waals surface area contributed by atoms with Crippen LogP contribution in [0.4, 0.5) is 5.69 Å². The van der Waals surface area contributed by atoms with Gasteiger partial charge in [-0.05, 0) is 36.8 Å². The molecule has 2 rings (SSSR count). The molecule has 8 heteroatoms. The zero-order valence-electron chi connectivity index (χ0n) is 10.9. The van der Waals surface area contributed by atoms with Crippen LogP contribution in [0.3, 0.4) is 0 Å². The summed E-state index contributed by atoms with van der Waals surface area (Å²) >= 11 is 5.81. The Bertz CT molecular complexity index is 791. The zero-order chi connectivity index (χ0) is 15.6. The van der Waals surface area contributed by atoms with E-state index in [1.165, 1.54) is 37.5 Å². The number of aromatic nitrogens is 1. The lowest BCUT2D eigenvalue weighted by Crippen LogP contribution is -2.16. The summed E-state index contributed by atoms with van der Waals surface area (Å²) in [6.45, 7) is 1.41. The van der Waals surface area contributed by atoms with Gasteiger partial charge in [-0.2, -0.15) is 0 Å². The molecule has 0 fully saturated rings. The first-order valence-electron chi connectivity index (χ1n) is 5.77. The van der Waals surface area contributed by atoms with Crippen molar-refractivity contribution in [2.24, 2.45) is 0 Å². The summed E-state index contributed by atoms with van der Waals surface area (Å²) in [6, 6.07) is 5.53. The third-order valence-corrected chi connectivity index (χ3v) is 4.48. The monoisotopic (exact) mass is 326 g/mol. The molecule has 0 aliphatic carbocycles. The van der Waals surface area contributed by atoms with E-state index in [1.807, 2.05) is 0 Å². The molecule has 0 spiro atoms. The van der Waals surface area contributed by atoms with Crippen molar-refractivity contribution < 1.29 is 18.3 Å². The number of carboxylic acids is 1. The van der Waals surface area contributed by atoms with E-state index in [0.29, 0.717) is 0 Å². The van der Waals surface area contributed by atoms with E-state index in [-0.39, 0.29) is 26.7 Å². The predicted octanol–water partition coefficient (Wildman–Crippen LogP) is 2.54. The molecule has 1 heterocycles. The van der Waals surface area contributed by atoms with Crippen molar-refractivity contribution in [1.29, 1.82) is 0 Å². The highest BCUT2D eigenvalue weighted by Gasteiger charge is 2.22. The second kappa shape index (κ2) is 5.71. The van der Waals surface area contributed by atoms with Crippen LogP contribution in [-0.4, -0.2) is 24.5 Å². The molecule has 0 amide bonds. The van der Waals surface area contributed by atoms with E-state index < -0.39 is 16.0 Å². The lowest BCUT2D eigenvalue weighted by atomic mass is 10.1. The highest BCUT2D eigenvalue weighted by molar-refractivity contribution is 7.92. The van der Waals surface area contributed by atoms with Crippen LogP contribution in [0.25, 0.3) is 0 Å². The Morgan fingerprint density at radius 2 is 2.10 bits per heavy atom. The van der Waals surface area contributed by atoms with Gasteiger partial charge in [-0.3, -0.25) is 9.71 Å². The van der Waals surface area contributed by atoms with E-state index in [9.17, 15) is 13.2 Å². The highest BCUT2D eigenvalue weighted by atomic mass is 35.5. The summed E-state index contributed by atoms with van der Waals surface area (Å²) in [4.78, 5) is 14.7. The molecule has 2 N–H and O–H groups in total. The maximum absolute atomic E-state index is 12.4. The minimum absolute atomic E-state index is 0.0320. The topological polar surface area (TPSA) is 96.4 Å². The first kappa shape index (κ1) is 15.3. The number of hydrogen-bond donors (Lipinski definition) is 2. The Hall–Kier alpha value is -2.12. The van der Waals surface area contributed by atoms with Gasteiger partial charge in [-0.15, -0.1) is 0 Å². The number of carboxylic acid groups (broad SMARTS) is 1.